The minimum atomic E-state index is -0.870. The molecule has 0 atom stereocenters. The Labute approximate surface area is 161 Å². The predicted molar refractivity (Wildman–Crippen MR) is 107 cm³/mol. The smallest absolute Gasteiger partial charge is 0.351 e. The van der Waals surface area contributed by atoms with Gasteiger partial charge in [0.1, 0.15) is 11.5 Å². The lowest BCUT2D eigenvalue weighted by atomic mass is 9.95. The molecular weight excluding hydrogens is 352 g/mol. The van der Waals surface area contributed by atoms with E-state index in [1.807, 2.05) is 36.4 Å². The van der Waals surface area contributed by atoms with Crippen molar-refractivity contribution in [3.05, 3.63) is 113 Å². The molecule has 0 fully saturated rings. The molecular formula is C24H16O4. The van der Waals surface area contributed by atoms with Crippen molar-refractivity contribution in [3.8, 4) is 28.2 Å². The second kappa shape index (κ2) is 7.37. The van der Waals surface area contributed by atoms with Crippen LogP contribution in [0.15, 0.2) is 100 Å². The van der Waals surface area contributed by atoms with Gasteiger partial charge in [-0.3, -0.25) is 4.79 Å². The van der Waals surface area contributed by atoms with Crippen molar-refractivity contribution in [2.45, 2.75) is 0 Å². The van der Waals surface area contributed by atoms with Gasteiger partial charge < -0.3 is 9.52 Å². The summed E-state index contributed by atoms with van der Waals surface area (Å²) in [4.78, 5) is 25.6. The van der Waals surface area contributed by atoms with Crippen LogP contribution in [0.25, 0.3) is 22.5 Å². The number of rotatable bonds is 4. The molecule has 1 aromatic heterocycles. The summed E-state index contributed by atoms with van der Waals surface area (Å²) in [6, 6.07) is 26.4. The lowest BCUT2D eigenvalue weighted by Gasteiger charge is -2.13. The zero-order valence-electron chi connectivity index (χ0n) is 14.8. The monoisotopic (exact) mass is 368 g/mol. The number of aromatic hydroxyl groups is 1. The first-order valence-corrected chi connectivity index (χ1v) is 8.77. The lowest BCUT2D eigenvalue weighted by molar-refractivity contribution is 0.103. The standard InChI is InChI=1S/C24H16O4/c25-21(17-12-6-2-7-13-17)20-22(26)19(16-10-4-1-5-11-16)23(28-24(20)27)18-14-8-3-9-15-18/h1-15,26H. The summed E-state index contributed by atoms with van der Waals surface area (Å²) in [7, 11) is 0. The molecule has 0 unspecified atom stereocenters. The summed E-state index contributed by atoms with van der Waals surface area (Å²) < 4.78 is 5.57. The van der Waals surface area contributed by atoms with Crippen LogP contribution in [0, 0.1) is 0 Å². The Bertz CT molecular complexity index is 1180. The van der Waals surface area contributed by atoms with E-state index in [0.29, 0.717) is 22.3 Å². The fourth-order valence-corrected chi connectivity index (χ4v) is 3.12. The van der Waals surface area contributed by atoms with Gasteiger partial charge in [-0.25, -0.2) is 4.79 Å². The molecule has 0 saturated carbocycles. The van der Waals surface area contributed by atoms with Gasteiger partial charge in [-0.2, -0.15) is 0 Å². The first kappa shape index (κ1) is 17.5. The van der Waals surface area contributed by atoms with Crippen LogP contribution in [0.5, 0.6) is 5.75 Å². The zero-order chi connectivity index (χ0) is 19.5. The molecule has 28 heavy (non-hydrogen) atoms. The fourth-order valence-electron chi connectivity index (χ4n) is 3.12. The molecule has 3 aromatic carbocycles. The molecule has 0 aliphatic heterocycles. The second-order valence-corrected chi connectivity index (χ2v) is 6.24. The Balaban J connectivity index is 2.01. The van der Waals surface area contributed by atoms with Gasteiger partial charge in [0.2, 0.25) is 5.78 Å². The molecule has 4 aromatic rings. The number of ketones is 1. The van der Waals surface area contributed by atoms with Crippen LogP contribution >= 0.6 is 0 Å². The predicted octanol–water partition coefficient (Wildman–Crippen LogP) is 4.91. The zero-order valence-corrected chi connectivity index (χ0v) is 14.8. The third-order valence-electron chi connectivity index (χ3n) is 4.46. The van der Waals surface area contributed by atoms with Crippen LogP contribution in [0.4, 0.5) is 0 Å². The first-order valence-electron chi connectivity index (χ1n) is 8.77. The Morgan fingerprint density at radius 2 is 1.21 bits per heavy atom. The highest BCUT2D eigenvalue weighted by molar-refractivity contribution is 6.11. The average molecular weight is 368 g/mol. The molecule has 0 aliphatic rings. The number of hydrogen-bond acceptors (Lipinski definition) is 4. The van der Waals surface area contributed by atoms with Gasteiger partial charge in [-0.15, -0.1) is 0 Å². The molecule has 0 bridgehead atoms. The van der Waals surface area contributed by atoms with E-state index < -0.39 is 11.4 Å². The van der Waals surface area contributed by atoms with Crippen molar-refractivity contribution in [1.82, 2.24) is 0 Å². The number of carbonyl (C=O) groups is 1. The summed E-state index contributed by atoms with van der Waals surface area (Å²) in [6.07, 6.45) is 0. The number of hydrogen-bond donors (Lipinski definition) is 1. The molecule has 4 nitrogen and oxygen atoms in total. The van der Waals surface area contributed by atoms with Crippen LogP contribution in [-0.2, 0) is 0 Å². The van der Waals surface area contributed by atoms with E-state index >= 15 is 0 Å². The maximum Gasteiger partial charge on any atom is 0.351 e. The van der Waals surface area contributed by atoms with Crippen molar-refractivity contribution >= 4 is 5.78 Å². The Morgan fingerprint density at radius 3 is 1.79 bits per heavy atom. The van der Waals surface area contributed by atoms with Gasteiger partial charge in [0, 0.05) is 11.1 Å². The van der Waals surface area contributed by atoms with Gasteiger partial charge in [0.15, 0.2) is 5.56 Å². The molecule has 0 spiro atoms. The average Bonchev–Trinajstić information content (AvgIpc) is 2.75. The molecule has 1 heterocycles. The largest absolute Gasteiger partial charge is 0.506 e. The third-order valence-corrected chi connectivity index (χ3v) is 4.46. The van der Waals surface area contributed by atoms with Crippen molar-refractivity contribution in [2.75, 3.05) is 0 Å². The van der Waals surface area contributed by atoms with Gasteiger partial charge in [-0.1, -0.05) is 91.0 Å². The van der Waals surface area contributed by atoms with Crippen LogP contribution in [0.3, 0.4) is 0 Å². The van der Waals surface area contributed by atoms with E-state index in [1.165, 1.54) is 0 Å². The Morgan fingerprint density at radius 1 is 0.714 bits per heavy atom. The van der Waals surface area contributed by atoms with E-state index in [0.717, 1.165) is 0 Å². The normalized spacial score (nSPS) is 10.6. The van der Waals surface area contributed by atoms with E-state index in [9.17, 15) is 14.7 Å². The summed E-state index contributed by atoms with van der Waals surface area (Å²) >= 11 is 0. The molecule has 136 valence electrons. The fraction of sp³-hybridized carbons (Fsp3) is 0. The van der Waals surface area contributed by atoms with Crippen LogP contribution in [-0.4, -0.2) is 10.9 Å². The maximum absolute atomic E-state index is 12.9. The highest BCUT2D eigenvalue weighted by Crippen LogP contribution is 2.39. The van der Waals surface area contributed by atoms with Crippen LogP contribution in [0.2, 0.25) is 0 Å². The van der Waals surface area contributed by atoms with Gasteiger partial charge in [0.05, 0.1) is 5.56 Å². The summed E-state index contributed by atoms with van der Waals surface area (Å²) in [6.45, 7) is 0. The van der Waals surface area contributed by atoms with Gasteiger partial charge in [0.25, 0.3) is 0 Å². The third kappa shape index (κ3) is 3.12. The molecule has 0 saturated heterocycles. The Kier molecular flexibility index (Phi) is 4.60. The second-order valence-electron chi connectivity index (χ2n) is 6.24. The van der Waals surface area contributed by atoms with Gasteiger partial charge >= 0.3 is 5.63 Å². The van der Waals surface area contributed by atoms with Crippen molar-refractivity contribution in [2.24, 2.45) is 0 Å². The quantitative estimate of drug-likeness (QED) is 0.520. The molecule has 0 amide bonds. The lowest BCUT2D eigenvalue weighted by Crippen LogP contribution is -2.16. The molecule has 0 aliphatic carbocycles. The molecule has 1 N–H and O–H groups in total. The summed E-state index contributed by atoms with van der Waals surface area (Å²) in [5, 5.41) is 11.0. The van der Waals surface area contributed by atoms with E-state index in [4.69, 9.17) is 4.42 Å². The van der Waals surface area contributed by atoms with Crippen LogP contribution < -0.4 is 5.63 Å². The van der Waals surface area contributed by atoms with Crippen molar-refractivity contribution in [3.63, 3.8) is 0 Å². The van der Waals surface area contributed by atoms with E-state index in [-0.39, 0.29) is 17.1 Å². The van der Waals surface area contributed by atoms with Crippen molar-refractivity contribution < 1.29 is 14.3 Å². The molecule has 4 heteroatoms. The Hall–Kier alpha value is -3.92. The first-order chi connectivity index (χ1) is 13.7. The highest BCUT2D eigenvalue weighted by Gasteiger charge is 2.26. The molecule has 4 rings (SSSR count). The van der Waals surface area contributed by atoms with Gasteiger partial charge in [-0.05, 0) is 5.56 Å². The maximum atomic E-state index is 12.9. The SMILES string of the molecule is O=C(c1ccccc1)c1c(O)c(-c2ccccc2)c(-c2ccccc2)oc1=O. The summed E-state index contributed by atoms with van der Waals surface area (Å²) in [5.74, 6) is -0.738. The minimum Gasteiger partial charge on any atom is -0.506 e. The van der Waals surface area contributed by atoms with Crippen LogP contribution in [0.1, 0.15) is 15.9 Å². The number of carbonyl (C=O) groups excluding carboxylic acids is 1. The van der Waals surface area contributed by atoms with E-state index in [2.05, 4.69) is 0 Å². The highest BCUT2D eigenvalue weighted by atomic mass is 16.4. The number of benzene rings is 3. The summed E-state index contributed by atoms with van der Waals surface area (Å²) in [5.41, 5.74) is 0.647. The van der Waals surface area contributed by atoms with Crippen molar-refractivity contribution in [1.29, 1.82) is 0 Å². The topological polar surface area (TPSA) is 67.5 Å². The molecule has 0 radical (unpaired) electrons. The van der Waals surface area contributed by atoms with E-state index in [1.54, 1.807) is 54.6 Å². The minimum absolute atomic E-state index is 0.221.